The predicted octanol–water partition coefficient (Wildman–Crippen LogP) is 2.10. The normalized spacial score (nSPS) is 20.4. The zero-order chi connectivity index (χ0) is 12.3. The molecule has 0 saturated carbocycles. The maximum atomic E-state index is 12.2. The molecule has 1 saturated heterocycles. The highest BCUT2D eigenvalue weighted by molar-refractivity contribution is 9.10. The second-order valence-electron chi connectivity index (χ2n) is 4.10. The number of methoxy groups -OCH3 is 1. The highest BCUT2D eigenvalue weighted by atomic mass is 79.9. The van der Waals surface area contributed by atoms with Crippen molar-refractivity contribution in [3.63, 3.8) is 0 Å². The smallest absolute Gasteiger partial charge is 0.272 e. The Labute approximate surface area is 109 Å². The fourth-order valence-electron chi connectivity index (χ4n) is 2.00. The van der Waals surface area contributed by atoms with Gasteiger partial charge in [-0.1, -0.05) is 6.07 Å². The lowest BCUT2D eigenvalue weighted by Gasteiger charge is -2.31. The number of halogens is 1. The second-order valence-corrected chi connectivity index (χ2v) is 4.91. The molecule has 5 heteroatoms. The minimum Gasteiger partial charge on any atom is -0.380 e. The molecule has 92 valence electrons. The molecule has 1 aliphatic heterocycles. The number of nitrogens with zero attached hydrogens (tertiary/aromatic N) is 2. The van der Waals surface area contributed by atoms with Gasteiger partial charge >= 0.3 is 0 Å². The summed E-state index contributed by atoms with van der Waals surface area (Å²) in [5, 5.41) is 0. The van der Waals surface area contributed by atoms with Crippen molar-refractivity contribution in [1.82, 2.24) is 9.88 Å². The molecule has 1 fully saturated rings. The Hall–Kier alpha value is -0.940. The van der Waals surface area contributed by atoms with Crippen LogP contribution in [0, 0.1) is 0 Å². The molecule has 17 heavy (non-hydrogen) atoms. The summed E-state index contributed by atoms with van der Waals surface area (Å²) in [5.74, 6) is -0.0203. The van der Waals surface area contributed by atoms with E-state index >= 15 is 0 Å². The van der Waals surface area contributed by atoms with Crippen molar-refractivity contribution in [3.05, 3.63) is 28.5 Å². The fourth-order valence-corrected chi connectivity index (χ4v) is 2.35. The van der Waals surface area contributed by atoms with E-state index in [1.165, 1.54) is 0 Å². The SMILES string of the molecule is COC1CCCN(C(=O)c2cccc(Br)n2)C1. The summed E-state index contributed by atoms with van der Waals surface area (Å²) in [7, 11) is 1.69. The molecule has 0 radical (unpaired) electrons. The third kappa shape index (κ3) is 3.04. The van der Waals surface area contributed by atoms with Crippen LogP contribution in [0.25, 0.3) is 0 Å². The van der Waals surface area contributed by atoms with Gasteiger partial charge in [0.15, 0.2) is 0 Å². The van der Waals surface area contributed by atoms with Crippen molar-refractivity contribution < 1.29 is 9.53 Å². The maximum absolute atomic E-state index is 12.2. The molecule has 1 unspecified atom stereocenters. The van der Waals surface area contributed by atoms with Crippen LogP contribution in [0.5, 0.6) is 0 Å². The molecule has 2 rings (SSSR count). The molecule has 0 aromatic carbocycles. The molecule has 0 bridgehead atoms. The van der Waals surface area contributed by atoms with E-state index < -0.39 is 0 Å². The Morgan fingerprint density at radius 3 is 3.12 bits per heavy atom. The van der Waals surface area contributed by atoms with Gasteiger partial charge in [-0.05, 0) is 40.9 Å². The van der Waals surface area contributed by atoms with Gasteiger partial charge in [-0.3, -0.25) is 4.79 Å². The van der Waals surface area contributed by atoms with E-state index in [1.54, 1.807) is 13.2 Å². The largest absolute Gasteiger partial charge is 0.380 e. The topological polar surface area (TPSA) is 42.4 Å². The highest BCUT2D eigenvalue weighted by Crippen LogP contribution is 2.15. The molecule has 0 spiro atoms. The van der Waals surface area contributed by atoms with Crippen molar-refractivity contribution in [2.75, 3.05) is 20.2 Å². The van der Waals surface area contributed by atoms with E-state index in [9.17, 15) is 4.79 Å². The number of carbonyl (C=O) groups is 1. The van der Waals surface area contributed by atoms with Crippen LogP contribution in [-0.4, -0.2) is 42.1 Å². The molecular formula is C12H15BrN2O2. The van der Waals surface area contributed by atoms with E-state index in [2.05, 4.69) is 20.9 Å². The van der Waals surface area contributed by atoms with Gasteiger partial charge in [0.25, 0.3) is 5.91 Å². The van der Waals surface area contributed by atoms with E-state index in [0.29, 0.717) is 16.8 Å². The van der Waals surface area contributed by atoms with Crippen molar-refractivity contribution in [2.24, 2.45) is 0 Å². The number of piperidine rings is 1. The number of amides is 1. The van der Waals surface area contributed by atoms with Crippen LogP contribution in [0.15, 0.2) is 22.8 Å². The molecule has 1 aromatic heterocycles. The highest BCUT2D eigenvalue weighted by Gasteiger charge is 2.24. The lowest BCUT2D eigenvalue weighted by Crippen LogP contribution is -2.43. The van der Waals surface area contributed by atoms with E-state index in [4.69, 9.17) is 4.74 Å². The van der Waals surface area contributed by atoms with Gasteiger partial charge in [0.1, 0.15) is 10.3 Å². The number of hydrogen-bond acceptors (Lipinski definition) is 3. The first-order valence-electron chi connectivity index (χ1n) is 5.65. The summed E-state index contributed by atoms with van der Waals surface area (Å²) in [6.45, 7) is 1.44. The average molecular weight is 299 g/mol. The third-order valence-electron chi connectivity index (χ3n) is 2.93. The molecule has 4 nitrogen and oxygen atoms in total. The summed E-state index contributed by atoms with van der Waals surface area (Å²) in [4.78, 5) is 18.2. The van der Waals surface area contributed by atoms with Gasteiger partial charge in [-0.2, -0.15) is 0 Å². The standard InChI is InChI=1S/C12H15BrN2O2/c1-17-9-4-3-7-15(8-9)12(16)10-5-2-6-11(13)14-10/h2,5-6,9H,3-4,7-8H2,1H3. The lowest BCUT2D eigenvalue weighted by molar-refractivity contribution is 0.0265. The Kier molecular flexibility index (Phi) is 4.12. The van der Waals surface area contributed by atoms with Crippen LogP contribution in [0.4, 0.5) is 0 Å². The van der Waals surface area contributed by atoms with Gasteiger partial charge in [0.05, 0.1) is 6.10 Å². The Morgan fingerprint density at radius 1 is 1.59 bits per heavy atom. The second kappa shape index (κ2) is 5.60. The molecule has 0 aliphatic carbocycles. The van der Waals surface area contributed by atoms with E-state index in [-0.39, 0.29) is 12.0 Å². The zero-order valence-electron chi connectivity index (χ0n) is 9.73. The number of likely N-dealkylation sites (tertiary alicyclic amines) is 1. The molecule has 0 N–H and O–H groups in total. The Balaban J connectivity index is 2.09. The zero-order valence-corrected chi connectivity index (χ0v) is 11.3. The summed E-state index contributed by atoms with van der Waals surface area (Å²) in [6.07, 6.45) is 2.16. The van der Waals surface area contributed by atoms with Gasteiger partial charge in [-0.15, -0.1) is 0 Å². The van der Waals surface area contributed by atoms with Crippen LogP contribution in [0.2, 0.25) is 0 Å². The van der Waals surface area contributed by atoms with Gasteiger partial charge < -0.3 is 9.64 Å². The van der Waals surface area contributed by atoms with Crippen molar-refractivity contribution in [1.29, 1.82) is 0 Å². The number of pyridine rings is 1. The predicted molar refractivity (Wildman–Crippen MR) is 67.9 cm³/mol. The number of aromatic nitrogens is 1. The number of carbonyl (C=O) groups excluding carboxylic acids is 1. The van der Waals surface area contributed by atoms with Crippen LogP contribution in [0.3, 0.4) is 0 Å². The molecule has 1 aliphatic rings. The van der Waals surface area contributed by atoms with E-state index in [0.717, 1.165) is 19.4 Å². The summed E-state index contributed by atoms with van der Waals surface area (Å²) in [5.41, 5.74) is 0.483. The van der Waals surface area contributed by atoms with Crippen LogP contribution in [0.1, 0.15) is 23.3 Å². The summed E-state index contributed by atoms with van der Waals surface area (Å²) < 4.78 is 5.99. The van der Waals surface area contributed by atoms with Crippen molar-refractivity contribution in [2.45, 2.75) is 18.9 Å². The van der Waals surface area contributed by atoms with Crippen LogP contribution >= 0.6 is 15.9 Å². The maximum Gasteiger partial charge on any atom is 0.272 e. The third-order valence-corrected chi connectivity index (χ3v) is 3.37. The van der Waals surface area contributed by atoms with Crippen LogP contribution in [-0.2, 0) is 4.74 Å². The van der Waals surface area contributed by atoms with Gasteiger partial charge in [0.2, 0.25) is 0 Å². The minimum atomic E-state index is -0.0203. The van der Waals surface area contributed by atoms with E-state index in [1.807, 2.05) is 17.0 Å². The van der Waals surface area contributed by atoms with Crippen LogP contribution < -0.4 is 0 Å². The Bertz CT molecular complexity index is 411. The molecule has 1 aromatic rings. The fraction of sp³-hybridized carbons (Fsp3) is 0.500. The number of rotatable bonds is 2. The first-order chi connectivity index (χ1) is 8.20. The Morgan fingerprint density at radius 2 is 2.41 bits per heavy atom. The van der Waals surface area contributed by atoms with Gasteiger partial charge in [0, 0.05) is 20.2 Å². The lowest BCUT2D eigenvalue weighted by atomic mass is 10.1. The quantitative estimate of drug-likeness (QED) is 0.785. The average Bonchev–Trinajstić information content (AvgIpc) is 2.38. The molecule has 1 atom stereocenters. The molecular weight excluding hydrogens is 284 g/mol. The minimum absolute atomic E-state index is 0.0203. The van der Waals surface area contributed by atoms with Crippen molar-refractivity contribution >= 4 is 21.8 Å². The number of ether oxygens (including phenoxy) is 1. The molecule has 1 amide bonds. The van der Waals surface area contributed by atoms with Crippen molar-refractivity contribution in [3.8, 4) is 0 Å². The first-order valence-corrected chi connectivity index (χ1v) is 6.44. The van der Waals surface area contributed by atoms with Gasteiger partial charge in [-0.25, -0.2) is 4.98 Å². The first kappa shape index (κ1) is 12.5. The monoisotopic (exact) mass is 298 g/mol. The molecule has 2 heterocycles. The summed E-state index contributed by atoms with van der Waals surface area (Å²) >= 11 is 3.27. The number of hydrogen-bond donors (Lipinski definition) is 0. The summed E-state index contributed by atoms with van der Waals surface area (Å²) in [6, 6.07) is 5.37.